The number of hydrogen-bond acceptors (Lipinski definition) is 4. The van der Waals surface area contributed by atoms with E-state index in [0.717, 1.165) is 33.5 Å². The molecule has 1 N–H and O–H groups in total. The Morgan fingerprint density at radius 1 is 0.852 bits per heavy atom. The van der Waals surface area contributed by atoms with Gasteiger partial charge >= 0.3 is 0 Å². The molecule has 0 aliphatic rings. The van der Waals surface area contributed by atoms with Gasteiger partial charge < -0.3 is 9.55 Å². The quantitative estimate of drug-likeness (QED) is 0.533. The molecular weight excluding hydrogens is 336 g/mol. The summed E-state index contributed by atoms with van der Waals surface area (Å²) < 4.78 is 2.08. The van der Waals surface area contributed by atoms with E-state index >= 15 is 0 Å². The van der Waals surface area contributed by atoms with Gasteiger partial charge in [0.25, 0.3) is 0 Å². The number of rotatable bonds is 4. The Bertz CT molecular complexity index is 1160. The van der Waals surface area contributed by atoms with Crippen molar-refractivity contribution in [1.82, 2.24) is 29.5 Å². The van der Waals surface area contributed by atoms with Crippen molar-refractivity contribution in [2.45, 2.75) is 6.04 Å². The summed E-state index contributed by atoms with van der Waals surface area (Å²) in [5, 5.41) is 0. The maximum atomic E-state index is 4.76. The Labute approximate surface area is 155 Å². The minimum Gasteiger partial charge on any atom is -0.338 e. The van der Waals surface area contributed by atoms with E-state index in [9.17, 15) is 0 Å². The molecular formula is C21H16N6. The SMILES string of the molecule is c1cncc(-c2nc3cc(C(c4cccnc4)n4ccnc4)ccc3[nH]2)c1. The molecule has 130 valence electrons. The van der Waals surface area contributed by atoms with Gasteiger partial charge in [0.1, 0.15) is 5.82 Å². The number of nitrogens with one attached hydrogen (secondary N) is 1. The van der Waals surface area contributed by atoms with Crippen LogP contribution >= 0.6 is 0 Å². The average molecular weight is 352 g/mol. The van der Waals surface area contributed by atoms with Gasteiger partial charge in [-0.1, -0.05) is 12.1 Å². The molecule has 1 atom stereocenters. The zero-order valence-corrected chi connectivity index (χ0v) is 14.4. The fourth-order valence-corrected chi connectivity index (χ4v) is 3.33. The first kappa shape index (κ1) is 15.5. The zero-order valence-electron chi connectivity index (χ0n) is 14.4. The van der Waals surface area contributed by atoms with Gasteiger partial charge in [0.05, 0.1) is 23.4 Å². The number of hydrogen-bond donors (Lipinski definition) is 1. The Hall–Kier alpha value is -3.80. The van der Waals surface area contributed by atoms with Gasteiger partial charge in [-0.15, -0.1) is 0 Å². The first-order valence-electron chi connectivity index (χ1n) is 8.66. The van der Waals surface area contributed by atoms with Crippen LogP contribution in [0.25, 0.3) is 22.4 Å². The molecule has 4 heterocycles. The number of imidazole rings is 2. The van der Waals surface area contributed by atoms with Crippen LogP contribution in [0.1, 0.15) is 17.2 Å². The van der Waals surface area contributed by atoms with Crippen LogP contribution in [0.15, 0.2) is 86.0 Å². The molecule has 0 saturated carbocycles. The predicted octanol–water partition coefficient (Wildman–Crippen LogP) is 3.85. The second-order valence-corrected chi connectivity index (χ2v) is 6.30. The van der Waals surface area contributed by atoms with Crippen LogP contribution in [0, 0.1) is 0 Å². The summed E-state index contributed by atoms with van der Waals surface area (Å²) in [6.07, 6.45) is 12.8. The molecule has 0 amide bonds. The Balaban J connectivity index is 1.62. The second kappa shape index (κ2) is 6.49. The minimum atomic E-state index is -0.0101. The van der Waals surface area contributed by atoms with E-state index in [0.29, 0.717) is 0 Å². The molecule has 0 fully saturated rings. The molecule has 0 aliphatic carbocycles. The molecule has 0 spiro atoms. The molecule has 6 nitrogen and oxygen atoms in total. The van der Waals surface area contributed by atoms with Crippen LogP contribution in [-0.4, -0.2) is 29.5 Å². The van der Waals surface area contributed by atoms with Crippen molar-refractivity contribution >= 4 is 11.0 Å². The van der Waals surface area contributed by atoms with E-state index in [-0.39, 0.29) is 6.04 Å². The Morgan fingerprint density at radius 3 is 2.48 bits per heavy atom. The van der Waals surface area contributed by atoms with Crippen molar-refractivity contribution in [3.05, 3.63) is 97.1 Å². The molecule has 0 radical (unpaired) electrons. The van der Waals surface area contributed by atoms with Gasteiger partial charge in [-0.3, -0.25) is 9.97 Å². The van der Waals surface area contributed by atoms with Crippen molar-refractivity contribution in [2.24, 2.45) is 0 Å². The number of aromatic nitrogens is 6. The Kier molecular flexibility index (Phi) is 3.72. The van der Waals surface area contributed by atoms with Crippen LogP contribution in [0.4, 0.5) is 0 Å². The zero-order chi connectivity index (χ0) is 18.1. The maximum Gasteiger partial charge on any atom is 0.140 e. The summed E-state index contributed by atoms with van der Waals surface area (Å²) in [6.45, 7) is 0. The van der Waals surface area contributed by atoms with Gasteiger partial charge in [-0.05, 0) is 41.5 Å². The molecule has 6 heteroatoms. The highest BCUT2D eigenvalue weighted by Gasteiger charge is 2.17. The van der Waals surface area contributed by atoms with Gasteiger partial charge in [0, 0.05) is 42.7 Å². The number of H-pyrrole nitrogens is 1. The number of aromatic amines is 1. The minimum absolute atomic E-state index is 0.0101. The summed E-state index contributed by atoms with van der Waals surface area (Å²) in [5.74, 6) is 0.816. The topological polar surface area (TPSA) is 72.3 Å². The lowest BCUT2D eigenvalue weighted by Gasteiger charge is -2.19. The van der Waals surface area contributed by atoms with Crippen LogP contribution in [0.3, 0.4) is 0 Å². The number of benzene rings is 1. The number of pyridine rings is 2. The molecule has 4 aromatic heterocycles. The molecule has 27 heavy (non-hydrogen) atoms. The van der Waals surface area contributed by atoms with E-state index < -0.39 is 0 Å². The summed E-state index contributed by atoms with van der Waals surface area (Å²) in [5.41, 5.74) is 5.10. The van der Waals surface area contributed by atoms with Crippen LogP contribution in [0.2, 0.25) is 0 Å². The molecule has 0 bridgehead atoms. The van der Waals surface area contributed by atoms with E-state index in [4.69, 9.17) is 4.98 Å². The van der Waals surface area contributed by atoms with Crippen molar-refractivity contribution in [1.29, 1.82) is 0 Å². The van der Waals surface area contributed by atoms with Crippen molar-refractivity contribution in [3.8, 4) is 11.4 Å². The van der Waals surface area contributed by atoms with Gasteiger partial charge in [0.2, 0.25) is 0 Å². The predicted molar refractivity (Wildman–Crippen MR) is 103 cm³/mol. The van der Waals surface area contributed by atoms with Crippen molar-refractivity contribution in [3.63, 3.8) is 0 Å². The normalized spacial score (nSPS) is 12.3. The lowest BCUT2D eigenvalue weighted by Crippen LogP contribution is -2.10. The molecule has 0 aliphatic heterocycles. The van der Waals surface area contributed by atoms with Crippen LogP contribution in [-0.2, 0) is 0 Å². The standard InChI is InChI=1S/C21H16N6/c1-3-16(12-22-7-1)20(27-10-9-24-14-27)15-5-6-18-19(11-15)26-21(25-18)17-4-2-8-23-13-17/h1-14,20H,(H,25,26). The maximum absolute atomic E-state index is 4.76. The van der Waals surface area contributed by atoms with Gasteiger partial charge in [-0.2, -0.15) is 0 Å². The van der Waals surface area contributed by atoms with Gasteiger partial charge in [0.15, 0.2) is 0 Å². The molecule has 1 unspecified atom stereocenters. The summed E-state index contributed by atoms with van der Waals surface area (Å²) in [4.78, 5) is 20.8. The third-order valence-corrected chi connectivity index (χ3v) is 4.58. The number of nitrogens with zero attached hydrogens (tertiary/aromatic N) is 5. The highest BCUT2D eigenvalue weighted by molar-refractivity contribution is 5.80. The van der Waals surface area contributed by atoms with E-state index in [1.165, 1.54) is 0 Å². The largest absolute Gasteiger partial charge is 0.338 e. The van der Waals surface area contributed by atoms with E-state index in [1.807, 2.05) is 43.1 Å². The average Bonchev–Trinajstić information content (AvgIpc) is 3.39. The third kappa shape index (κ3) is 2.87. The fraction of sp³-hybridized carbons (Fsp3) is 0.0476. The van der Waals surface area contributed by atoms with Gasteiger partial charge in [-0.25, -0.2) is 9.97 Å². The molecule has 1 aromatic carbocycles. The monoisotopic (exact) mass is 352 g/mol. The van der Waals surface area contributed by atoms with Crippen molar-refractivity contribution in [2.75, 3.05) is 0 Å². The lowest BCUT2D eigenvalue weighted by atomic mass is 9.99. The van der Waals surface area contributed by atoms with E-state index in [2.05, 4.69) is 48.8 Å². The third-order valence-electron chi connectivity index (χ3n) is 4.58. The smallest absolute Gasteiger partial charge is 0.140 e. The molecule has 0 saturated heterocycles. The van der Waals surface area contributed by atoms with Crippen molar-refractivity contribution < 1.29 is 0 Å². The highest BCUT2D eigenvalue weighted by atomic mass is 15.1. The summed E-state index contributed by atoms with van der Waals surface area (Å²) in [6, 6.07) is 14.2. The second-order valence-electron chi connectivity index (χ2n) is 6.30. The lowest BCUT2D eigenvalue weighted by molar-refractivity contribution is 0.674. The first-order chi connectivity index (χ1) is 13.4. The highest BCUT2D eigenvalue weighted by Crippen LogP contribution is 2.29. The summed E-state index contributed by atoms with van der Waals surface area (Å²) in [7, 11) is 0. The number of fused-ring (bicyclic) bond motifs is 1. The van der Waals surface area contributed by atoms with Crippen LogP contribution < -0.4 is 0 Å². The van der Waals surface area contributed by atoms with Crippen LogP contribution in [0.5, 0.6) is 0 Å². The molecule has 5 rings (SSSR count). The molecule has 5 aromatic rings. The van der Waals surface area contributed by atoms with E-state index in [1.54, 1.807) is 18.6 Å². The first-order valence-corrected chi connectivity index (χ1v) is 8.66. The fourth-order valence-electron chi connectivity index (χ4n) is 3.33. The Morgan fingerprint density at radius 2 is 1.74 bits per heavy atom. The summed E-state index contributed by atoms with van der Waals surface area (Å²) >= 11 is 0.